The first-order chi connectivity index (χ1) is 11.6. The van der Waals surface area contributed by atoms with Crippen LogP contribution in [-0.2, 0) is 9.59 Å². The number of rotatable bonds is 5. The highest BCUT2D eigenvalue weighted by atomic mass is 32.1. The molecule has 2 amide bonds. The second-order valence-electron chi connectivity index (χ2n) is 6.03. The van der Waals surface area contributed by atoms with Crippen LogP contribution in [0, 0.1) is 0 Å². The van der Waals surface area contributed by atoms with E-state index in [0.29, 0.717) is 18.1 Å². The molecule has 1 fully saturated rings. The second-order valence-corrected chi connectivity index (χ2v) is 7.06. The Morgan fingerprint density at radius 2 is 2.17 bits per heavy atom. The highest BCUT2D eigenvalue weighted by molar-refractivity contribution is 7.22. The van der Waals surface area contributed by atoms with Gasteiger partial charge >= 0.3 is 0 Å². The van der Waals surface area contributed by atoms with E-state index in [1.54, 1.807) is 0 Å². The molecule has 6 nitrogen and oxygen atoms in total. The van der Waals surface area contributed by atoms with Crippen LogP contribution in [0.25, 0.3) is 10.2 Å². The maximum absolute atomic E-state index is 12.3. The molecule has 128 valence electrons. The van der Waals surface area contributed by atoms with Crippen LogP contribution in [-0.4, -0.2) is 47.4 Å². The van der Waals surface area contributed by atoms with E-state index in [1.165, 1.54) is 11.3 Å². The molecule has 0 aliphatic carbocycles. The molecule has 0 saturated carbocycles. The van der Waals surface area contributed by atoms with E-state index in [0.717, 1.165) is 36.1 Å². The van der Waals surface area contributed by atoms with Gasteiger partial charge in [0.2, 0.25) is 11.8 Å². The van der Waals surface area contributed by atoms with Crippen LogP contribution in [0.5, 0.6) is 0 Å². The zero-order chi connectivity index (χ0) is 16.9. The molecular formula is C17H22N4O2S. The number of benzene rings is 1. The van der Waals surface area contributed by atoms with E-state index in [4.69, 9.17) is 0 Å². The number of likely N-dealkylation sites (tertiary alicyclic amines) is 1. The van der Waals surface area contributed by atoms with Crippen molar-refractivity contribution in [3.05, 3.63) is 24.3 Å². The molecule has 7 heteroatoms. The number of amides is 2. The molecule has 0 spiro atoms. The number of nitrogens with zero attached hydrogens (tertiary/aromatic N) is 2. The van der Waals surface area contributed by atoms with Crippen molar-refractivity contribution in [2.24, 2.45) is 0 Å². The van der Waals surface area contributed by atoms with Gasteiger partial charge in [0.05, 0.1) is 16.8 Å². The highest BCUT2D eigenvalue weighted by Gasteiger charge is 2.22. The number of carbonyl (C=O) groups excluding carboxylic acids is 2. The molecule has 1 atom stereocenters. The monoisotopic (exact) mass is 346 g/mol. The lowest BCUT2D eigenvalue weighted by atomic mass is 10.1. The number of thiazole rings is 1. The van der Waals surface area contributed by atoms with Gasteiger partial charge in [0.1, 0.15) is 0 Å². The summed E-state index contributed by atoms with van der Waals surface area (Å²) in [6, 6.07) is 7.97. The van der Waals surface area contributed by atoms with Crippen molar-refractivity contribution in [2.45, 2.75) is 32.2 Å². The van der Waals surface area contributed by atoms with Gasteiger partial charge in [-0.1, -0.05) is 30.4 Å². The normalized spacial score (nSPS) is 18.5. The number of para-hydroxylation sites is 1. The number of aromatic nitrogens is 1. The number of anilines is 1. The minimum atomic E-state index is -0.0588. The molecule has 0 bridgehead atoms. The average Bonchev–Trinajstić information content (AvgIpc) is 2.96. The first-order valence-corrected chi connectivity index (χ1v) is 9.13. The number of nitrogens with one attached hydrogen (secondary N) is 2. The van der Waals surface area contributed by atoms with Crippen molar-refractivity contribution in [3.63, 3.8) is 0 Å². The Morgan fingerprint density at radius 1 is 1.33 bits per heavy atom. The number of hydrogen-bond acceptors (Lipinski definition) is 5. The number of piperidine rings is 1. The second kappa shape index (κ2) is 7.72. The number of carbonyl (C=O) groups is 2. The van der Waals surface area contributed by atoms with Crippen LogP contribution in [0.3, 0.4) is 0 Å². The molecule has 1 aliphatic heterocycles. The Hall–Kier alpha value is -1.99. The summed E-state index contributed by atoms with van der Waals surface area (Å²) in [5, 5.41) is 6.53. The lowest BCUT2D eigenvalue weighted by molar-refractivity contribution is -0.121. The predicted molar refractivity (Wildman–Crippen MR) is 96.1 cm³/mol. The number of hydrogen-bond donors (Lipinski definition) is 2. The molecule has 1 aromatic heterocycles. The number of fused-ring (bicyclic) bond motifs is 1. The van der Waals surface area contributed by atoms with Crippen molar-refractivity contribution in [1.82, 2.24) is 15.2 Å². The van der Waals surface area contributed by atoms with Crippen LogP contribution in [0.1, 0.15) is 26.2 Å². The molecule has 2 aromatic rings. The standard InChI is InChI=1S/C17H22N4O2S/c1-2-15(22)18-12-6-5-9-21(10-12)11-16(23)20-17-19-13-7-3-4-8-14(13)24-17/h3-4,7-8,12H,2,5-6,9-11H2,1H3,(H,18,22)(H,19,20,23). The van der Waals surface area contributed by atoms with E-state index in [2.05, 4.69) is 20.5 Å². The zero-order valence-electron chi connectivity index (χ0n) is 13.7. The summed E-state index contributed by atoms with van der Waals surface area (Å²) >= 11 is 1.48. The van der Waals surface area contributed by atoms with Crippen molar-refractivity contribution in [2.75, 3.05) is 25.0 Å². The molecule has 1 aromatic carbocycles. The molecule has 3 rings (SSSR count). The topological polar surface area (TPSA) is 74.3 Å². The molecular weight excluding hydrogens is 324 g/mol. The van der Waals surface area contributed by atoms with Gasteiger partial charge in [-0.2, -0.15) is 0 Å². The third-order valence-corrected chi connectivity index (χ3v) is 5.05. The Morgan fingerprint density at radius 3 is 2.96 bits per heavy atom. The molecule has 1 saturated heterocycles. The molecule has 0 radical (unpaired) electrons. The van der Waals surface area contributed by atoms with Gasteiger partial charge in [0.25, 0.3) is 0 Å². The summed E-state index contributed by atoms with van der Waals surface area (Å²) in [5.74, 6) is 0.0114. The molecule has 1 aliphatic rings. The smallest absolute Gasteiger partial charge is 0.240 e. The quantitative estimate of drug-likeness (QED) is 0.871. The molecule has 2 heterocycles. The van der Waals surface area contributed by atoms with Crippen molar-refractivity contribution >= 4 is 38.5 Å². The SMILES string of the molecule is CCC(=O)NC1CCCN(CC(=O)Nc2nc3ccccc3s2)C1. The maximum Gasteiger partial charge on any atom is 0.240 e. The van der Waals surface area contributed by atoms with Crippen molar-refractivity contribution < 1.29 is 9.59 Å². The maximum atomic E-state index is 12.3. The van der Waals surface area contributed by atoms with Gasteiger partial charge in [-0.3, -0.25) is 14.5 Å². The van der Waals surface area contributed by atoms with Crippen LogP contribution in [0.4, 0.5) is 5.13 Å². The van der Waals surface area contributed by atoms with Gasteiger partial charge in [-0.05, 0) is 31.5 Å². The minimum Gasteiger partial charge on any atom is -0.352 e. The molecule has 2 N–H and O–H groups in total. The van der Waals surface area contributed by atoms with Gasteiger partial charge in [-0.25, -0.2) is 4.98 Å². The third-order valence-electron chi connectivity index (χ3n) is 4.10. The van der Waals surface area contributed by atoms with Crippen molar-refractivity contribution in [3.8, 4) is 0 Å². The highest BCUT2D eigenvalue weighted by Crippen LogP contribution is 2.25. The third kappa shape index (κ3) is 4.30. The van der Waals surface area contributed by atoms with Gasteiger partial charge in [-0.15, -0.1) is 0 Å². The fourth-order valence-corrected chi connectivity index (χ4v) is 3.82. The first-order valence-electron chi connectivity index (χ1n) is 8.31. The van der Waals surface area contributed by atoms with Crippen LogP contribution in [0.15, 0.2) is 24.3 Å². The summed E-state index contributed by atoms with van der Waals surface area (Å²) < 4.78 is 1.06. The Labute approximate surface area is 145 Å². The van der Waals surface area contributed by atoms with Gasteiger partial charge in [0, 0.05) is 19.0 Å². The fourth-order valence-electron chi connectivity index (χ4n) is 2.93. The summed E-state index contributed by atoms with van der Waals surface area (Å²) in [7, 11) is 0. The van der Waals surface area contributed by atoms with E-state index < -0.39 is 0 Å². The summed E-state index contributed by atoms with van der Waals surface area (Å²) in [6.45, 7) is 3.78. The minimum absolute atomic E-state index is 0.0588. The summed E-state index contributed by atoms with van der Waals surface area (Å²) in [4.78, 5) is 30.3. The lowest BCUT2D eigenvalue weighted by Crippen LogP contribution is -2.49. The Bertz CT molecular complexity index is 697. The van der Waals surface area contributed by atoms with Crippen LogP contribution >= 0.6 is 11.3 Å². The predicted octanol–water partition coefficient (Wildman–Crippen LogP) is 2.23. The zero-order valence-corrected chi connectivity index (χ0v) is 14.6. The largest absolute Gasteiger partial charge is 0.352 e. The van der Waals surface area contributed by atoms with E-state index in [-0.39, 0.29) is 17.9 Å². The fraction of sp³-hybridized carbons (Fsp3) is 0.471. The Kier molecular flexibility index (Phi) is 5.42. The van der Waals surface area contributed by atoms with E-state index in [9.17, 15) is 9.59 Å². The first kappa shape index (κ1) is 16.9. The average molecular weight is 346 g/mol. The Balaban J connectivity index is 1.53. The van der Waals surface area contributed by atoms with Gasteiger partial charge in [0.15, 0.2) is 5.13 Å². The van der Waals surface area contributed by atoms with Crippen LogP contribution < -0.4 is 10.6 Å². The van der Waals surface area contributed by atoms with Crippen LogP contribution in [0.2, 0.25) is 0 Å². The van der Waals surface area contributed by atoms with E-state index in [1.807, 2.05) is 31.2 Å². The van der Waals surface area contributed by atoms with Crippen molar-refractivity contribution in [1.29, 1.82) is 0 Å². The summed E-state index contributed by atoms with van der Waals surface area (Å²) in [6.07, 6.45) is 2.46. The summed E-state index contributed by atoms with van der Waals surface area (Å²) in [5.41, 5.74) is 0.901. The molecule has 24 heavy (non-hydrogen) atoms. The van der Waals surface area contributed by atoms with Gasteiger partial charge < -0.3 is 10.6 Å². The lowest BCUT2D eigenvalue weighted by Gasteiger charge is -2.32. The van der Waals surface area contributed by atoms with E-state index >= 15 is 0 Å². The molecule has 1 unspecified atom stereocenters.